The Morgan fingerprint density at radius 1 is 1.07 bits per heavy atom. The van der Waals surface area contributed by atoms with Gasteiger partial charge >= 0.3 is 0 Å². The van der Waals surface area contributed by atoms with E-state index in [4.69, 9.17) is 16.3 Å². The highest BCUT2D eigenvalue weighted by molar-refractivity contribution is 7.90. The Morgan fingerprint density at radius 2 is 1.93 bits per heavy atom. The van der Waals surface area contributed by atoms with Gasteiger partial charge in [0.2, 0.25) is 10.0 Å². The number of allylic oxidation sites excluding steroid dienone is 1. The predicted octanol–water partition coefficient (Wildman–Crippen LogP) is 5.00. The number of rotatable bonds is 0. The number of hydrogen-bond donors (Lipinski definition) is 2. The fourth-order valence-electron chi connectivity index (χ4n) is 7.83. The minimum atomic E-state index is -3.82. The molecule has 0 radical (unpaired) electrons. The van der Waals surface area contributed by atoms with Crippen molar-refractivity contribution in [3.05, 3.63) is 70.3 Å². The molecule has 2 aromatic rings. The number of aryl methyl sites for hydroxylation is 1. The van der Waals surface area contributed by atoms with Crippen LogP contribution in [-0.4, -0.2) is 50.5 Å². The SMILES string of the molecule is O=C1NS(=O)(=O)[C@H]2CC[C@@H]2C/C=C\[C@H](O)[C@@H]2CC[C@H]2CN2C[C@@]3(CCCc4cc(Cl)ccc43)COc3ccc1cc32. The van der Waals surface area contributed by atoms with E-state index in [1.165, 1.54) is 11.1 Å². The van der Waals surface area contributed by atoms with Crippen LogP contribution in [0.2, 0.25) is 5.02 Å². The van der Waals surface area contributed by atoms with Gasteiger partial charge in [-0.3, -0.25) is 4.79 Å². The Bertz CT molecular complexity index is 1510. The molecule has 7 nitrogen and oxygen atoms in total. The maximum absolute atomic E-state index is 13.3. The van der Waals surface area contributed by atoms with E-state index in [1.54, 1.807) is 18.2 Å². The first-order chi connectivity index (χ1) is 19.7. The molecule has 0 saturated heterocycles. The van der Waals surface area contributed by atoms with Gasteiger partial charge in [0.15, 0.2) is 0 Å². The van der Waals surface area contributed by atoms with Crippen LogP contribution < -0.4 is 14.4 Å². The number of amides is 1. The number of fused-ring (bicyclic) bond motifs is 5. The van der Waals surface area contributed by atoms with Crippen LogP contribution >= 0.6 is 11.6 Å². The molecule has 2 aliphatic heterocycles. The van der Waals surface area contributed by atoms with E-state index in [9.17, 15) is 18.3 Å². The lowest BCUT2D eigenvalue weighted by Gasteiger charge is -2.45. The zero-order valence-corrected chi connectivity index (χ0v) is 24.7. The molecule has 41 heavy (non-hydrogen) atoms. The topological polar surface area (TPSA) is 95.9 Å². The maximum atomic E-state index is 13.3. The van der Waals surface area contributed by atoms with Gasteiger partial charge in [-0.1, -0.05) is 29.8 Å². The Labute approximate surface area is 247 Å². The summed E-state index contributed by atoms with van der Waals surface area (Å²) in [7, 11) is -3.82. The average molecular weight is 597 g/mol. The fraction of sp³-hybridized carbons (Fsp3) is 0.531. The Hall–Kier alpha value is -2.55. The van der Waals surface area contributed by atoms with Crippen molar-refractivity contribution >= 4 is 33.2 Å². The number of aliphatic hydroxyl groups is 1. The molecule has 0 unspecified atom stereocenters. The molecule has 6 atom stereocenters. The second-order valence-electron chi connectivity index (χ2n) is 12.8. The molecule has 5 aliphatic rings. The molecule has 2 bridgehead atoms. The van der Waals surface area contributed by atoms with E-state index in [-0.39, 0.29) is 17.3 Å². The van der Waals surface area contributed by atoms with Crippen molar-refractivity contribution in [3.8, 4) is 5.75 Å². The molecule has 2 N–H and O–H groups in total. The van der Waals surface area contributed by atoms with E-state index in [0.29, 0.717) is 43.2 Å². The Kier molecular flexibility index (Phi) is 6.87. The van der Waals surface area contributed by atoms with Crippen molar-refractivity contribution in [2.45, 2.75) is 68.1 Å². The summed E-state index contributed by atoms with van der Waals surface area (Å²) in [5, 5.41) is 11.3. The molecule has 218 valence electrons. The van der Waals surface area contributed by atoms with Crippen molar-refractivity contribution < 1.29 is 23.1 Å². The molecular weight excluding hydrogens is 560 g/mol. The maximum Gasteiger partial charge on any atom is 0.264 e. The number of carbonyl (C=O) groups is 1. The number of nitrogens with zero attached hydrogens (tertiary/aromatic N) is 1. The third-order valence-corrected chi connectivity index (χ3v) is 12.5. The third-order valence-electron chi connectivity index (χ3n) is 10.4. The monoisotopic (exact) mass is 596 g/mol. The first-order valence-corrected chi connectivity index (χ1v) is 16.9. The van der Waals surface area contributed by atoms with Crippen LogP contribution in [0.3, 0.4) is 0 Å². The van der Waals surface area contributed by atoms with E-state index in [2.05, 4.69) is 21.8 Å². The van der Waals surface area contributed by atoms with Gasteiger partial charge in [-0.25, -0.2) is 13.1 Å². The highest BCUT2D eigenvalue weighted by Crippen LogP contribution is 2.47. The lowest BCUT2D eigenvalue weighted by molar-refractivity contribution is 0.0455. The number of halogens is 1. The molecule has 1 spiro atoms. The number of hydrogen-bond acceptors (Lipinski definition) is 6. The van der Waals surface area contributed by atoms with E-state index >= 15 is 0 Å². The minimum absolute atomic E-state index is 0.0470. The molecular formula is C32H37ClN2O5S. The minimum Gasteiger partial charge on any atom is -0.490 e. The van der Waals surface area contributed by atoms with Crippen LogP contribution in [0.15, 0.2) is 48.6 Å². The zero-order chi connectivity index (χ0) is 28.4. The van der Waals surface area contributed by atoms with Crippen LogP contribution in [0, 0.1) is 17.8 Å². The first kappa shape index (κ1) is 27.3. The van der Waals surface area contributed by atoms with Crippen molar-refractivity contribution in [1.29, 1.82) is 0 Å². The molecule has 9 heteroatoms. The standard InChI is InChI=1S/C32H37ClN2O5S/c33-24-9-11-26-21(15-24)4-2-14-32(26)18-35-17-23-6-10-25(23)28(36)5-1-3-20-8-13-30(20)41(38,39)34-31(37)22-7-12-29(40-19-32)27(35)16-22/h1,5,7,9,11-12,15-16,20,23,25,28,30,36H,2-4,6,8,10,13-14,17-19H2,(H,34,37)/b5-1-/t20-,23-,25+,28-,30-,32-/m0/s1. The number of benzene rings is 2. The second-order valence-corrected chi connectivity index (χ2v) is 15.1. The van der Waals surface area contributed by atoms with Gasteiger partial charge in [0.1, 0.15) is 5.75 Å². The number of sulfonamides is 1. The summed E-state index contributed by atoms with van der Waals surface area (Å²) in [5.74, 6) is 0.489. The van der Waals surface area contributed by atoms with Crippen LogP contribution in [-0.2, 0) is 21.9 Å². The molecule has 3 aliphatic carbocycles. The van der Waals surface area contributed by atoms with Crippen molar-refractivity contribution in [2.24, 2.45) is 17.8 Å². The fourth-order valence-corrected chi connectivity index (χ4v) is 9.75. The molecule has 2 heterocycles. The van der Waals surface area contributed by atoms with Gasteiger partial charge in [-0.2, -0.15) is 0 Å². The first-order valence-electron chi connectivity index (χ1n) is 14.9. The lowest BCUT2D eigenvalue weighted by atomic mass is 9.68. The highest BCUT2D eigenvalue weighted by Gasteiger charge is 2.45. The van der Waals surface area contributed by atoms with E-state index in [1.807, 2.05) is 18.2 Å². The molecule has 1 amide bonds. The molecule has 0 aromatic heterocycles. The number of ether oxygens (including phenoxy) is 1. The molecule has 2 fully saturated rings. The van der Waals surface area contributed by atoms with E-state index in [0.717, 1.165) is 55.8 Å². The Balaban J connectivity index is 1.29. The van der Waals surface area contributed by atoms with Crippen LogP contribution in [0.1, 0.15) is 66.4 Å². The quantitative estimate of drug-likeness (QED) is 0.416. The van der Waals surface area contributed by atoms with Crippen LogP contribution in [0.5, 0.6) is 5.75 Å². The number of nitrogens with one attached hydrogen (secondary N) is 1. The van der Waals surface area contributed by atoms with Gasteiger partial charge in [0, 0.05) is 29.1 Å². The van der Waals surface area contributed by atoms with Crippen molar-refractivity contribution in [2.75, 3.05) is 24.6 Å². The normalized spacial score (nSPS) is 34.8. The number of anilines is 1. The summed E-state index contributed by atoms with van der Waals surface area (Å²) in [6, 6.07) is 11.4. The van der Waals surface area contributed by atoms with Gasteiger partial charge in [-0.15, -0.1) is 0 Å². The van der Waals surface area contributed by atoms with Gasteiger partial charge in [0.05, 0.1) is 23.6 Å². The third kappa shape index (κ3) is 4.86. The average Bonchev–Trinajstić information content (AvgIpc) is 3.04. The lowest BCUT2D eigenvalue weighted by Crippen LogP contribution is -2.49. The van der Waals surface area contributed by atoms with Gasteiger partial charge in [-0.05, 0) is 111 Å². The number of aliphatic hydroxyl groups excluding tert-OH is 1. The summed E-state index contributed by atoms with van der Waals surface area (Å²) in [6.07, 6.45) is 10.2. The predicted molar refractivity (Wildman–Crippen MR) is 159 cm³/mol. The zero-order valence-electron chi connectivity index (χ0n) is 23.1. The summed E-state index contributed by atoms with van der Waals surface area (Å²) in [6.45, 7) is 1.94. The largest absolute Gasteiger partial charge is 0.490 e. The van der Waals surface area contributed by atoms with Gasteiger partial charge < -0.3 is 14.7 Å². The second kappa shape index (κ2) is 10.3. The summed E-state index contributed by atoms with van der Waals surface area (Å²) in [4.78, 5) is 15.7. The van der Waals surface area contributed by atoms with Crippen molar-refractivity contribution in [1.82, 2.24) is 4.72 Å². The van der Waals surface area contributed by atoms with Crippen molar-refractivity contribution in [3.63, 3.8) is 0 Å². The van der Waals surface area contributed by atoms with E-state index < -0.39 is 27.3 Å². The summed E-state index contributed by atoms with van der Waals surface area (Å²) in [5.41, 5.74) is 3.38. The van der Waals surface area contributed by atoms with Crippen LogP contribution in [0.25, 0.3) is 0 Å². The number of carbonyl (C=O) groups excluding carboxylic acids is 1. The summed E-state index contributed by atoms with van der Waals surface area (Å²) >= 11 is 6.38. The van der Waals surface area contributed by atoms with Gasteiger partial charge in [0.25, 0.3) is 5.91 Å². The molecule has 7 rings (SSSR count). The van der Waals surface area contributed by atoms with Crippen LogP contribution in [0.4, 0.5) is 5.69 Å². The molecule has 2 saturated carbocycles. The molecule has 2 aromatic carbocycles. The summed E-state index contributed by atoms with van der Waals surface area (Å²) < 4.78 is 35.2. The highest BCUT2D eigenvalue weighted by atomic mass is 35.5. The Morgan fingerprint density at radius 3 is 2.71 bits per heavy atom. The smallest absolute Gasteiger partial charge is 0.264 e.